The van der Waals surface area contributed by atoms with Crippen LogP contribution in [0.25, 0.3) is 10.9 Å². The Kier molecular flexibility index (Phi) is 2.32. The van der Waals surface area contributed by atoms with Gasteiger partial charge in [-0.1, -0.05) is 0 Å². The van der Waals surface area contributed by atoms with Crippen molar-refractivity contribution in [2.75, 3.05) is 25.9 Å². The van der Waals surface area contributed by atoms with Crippen LogP contribution in [0.15, 0.2) is 18.2 Å². The first-order chi connectivity index (χ1) is 9.63. The van der Waals surface area contributed by atoms with Crippen LogP contribution >= 0.6 is 0 Å². The summed E-state index contributed by atoms with van der Waals surface area (Å²) in [6.45, 7) is 1.76. The van der Waals surface area contributed by atoms with Crippen LogP contribution in [0.4, 0.5) is 5.69 Å². The molecule has 3 heterocycles. The Labute approximate surface area is 116 Å². The van der Waals surface area contributed by atoms with Crippen LogP contribution in [0.3, 0.4) is 0 Å². The third-order valence-electron chi connectivity index (χ3n) is 4.56. The Morgan fingerprint density at radius 3 is 2.95 bits per heavy atom. The molecule has 2 atom stereocenters. The number of nitrogens with two attached hydrogens (primary N) is 1. The maximum atomic E-state index is 12.7. The Morgan fingerprint density at radius 1 is 1.40 bits per heavy atom. The second kappa shape index (κ2) is 3.96. The largest absolute Gasteiger partial charge is 0.399 e. The fraction of sp³-hybridized carbons (Fsp3) is 0.429. The van der Waals surface area contributed by atoms with Gasteiger partial charge in [0.2, 0.25) is 0 Å². The molecule has 2 fully saturated rings. The normalized spacial score (nSPS) is 25.8. The van der Waals surface area contributed by atoms with Crippen molar-refractivity contribution < 1.29 is 4.79 Å². The van der Waals surface area contributed by atoms with Gasteiger partial charge in [-0.15, -0.1) is 0 Å². The first-order valence-electron chi connectivity index (χ1n) is 6.88. The van der Waals surface area contributed by atoms with Crippen molar-refractivity contribution in [1.82, 2.24) is 20.0 Å². The van der Waals surface area contributed by atoms with Crippen molar-refractivity contribution in [3.63, 3.8) is 0 Å². The molecule has 0 saturated carbocycles. The van der Waals surface area contributed by atoms with Crippen LogP contribution in [-0.2, 0) is 0 Å². The first kappa shape index (κ1) is 11.7. The maximum absolute atomic E-state index is 12.7. The van der Waals surface area contributed by atoms with Crippen molar-refractivity contribution in [2.45, 2.75) is 18.5 Å². The Balaban J connectivity index is 1.70. The fourth-order valence-corrected chi connectivity index (χ4v) is 3.45. The number of aromatic amines is 1. The monoisotopic (exact) mass is 271 g/mol. The Bertz CT molecular complexity index is 692. The first-order valence-corrected chi connectivity index (χ1v) is 6.88. The summed E-state index contributed by atoms with van der Waals surface area (Å²) in [5.41, 5.74) is 7.80. The lowest BCUT2D eigenvalue weighted by Gasteiger charge is -2.31. The van der Waals surface area contributed by atoms with E-state index in [9.17, 15) is 4.79 Å². The molecule has 20 heavy (non-hydrogen) atoms. The van der Waals surface area contributed by atoms with Gasteiger partial charge in [-0.05, 0) is 31.7 Å². The number of nitrogens with one attached hydrogen (secondary N) is 1. The minimum absolute atomic E-state index is 0.0162. The number of nitrogens with zero attached hydrogens (tertiary/aromatic N) is 3. The number of carbonyl (C=O) groups is 1. The van der Waals surface area contributed by atoms with Gasteiger partial charge in [-0.3, -0.25) is 14.8 Å². The predicted octanol–water partition coefficient (Wildman–Crippen LogP) is 0.674. The fourth-order valence-electron chi connectivity index (χ4n) is 3.45. The highest BCUT2D eigenvalue weighted by molar-refractivity contribution is 6.05. The van der Waals surface area contributed by atoms with E-state index in [0.717, 1.165) is 30.4 Å². The van der Waals surface area contributed by atoms with E-state index in [1.165, 1.54) is 0 Å². The number of rotatable bonds is 1. The van der Waals surface area contributed by atoms with Crippen LogP contribution in [0.1, 0.15) is 16.9 Å². The maximum Gasteiger partial charge on any atom is 0.275 e. The summed E-state index contributed by atoms with van der Waals surface area (Å²) < 4.78 is 0. The van der Waals surface area contributed by atoms with E-state index in [2.05, 4.69) is 22.1 Å². The molecule has 2 aliphatic heterocycles. The zero-order valence-corrected chi connectivity index (χ0v) is 11.3. The zero-order valence-electron chi connectivity index (χ0n) is 11.3. The highest BCUT2D eigenvalue weighted by Gasteiger charge is 2.44. The summed E-state index contributed by atoms with van der Waals surface area (Å²) in [5.74, 6) is 0.0162. The number of carbonyl (C=O) groups excluding carboxylic acids is 1. The minimum atomic E-state index is 0.0162. The van der Waals surface area contributed by atoms with E-state index in [1.54, 1.807) is 0 Å². The van der Waals surface area contributed by atoms with E-state index in [1.807, 2.05) is 23.1 Å². The SMILES string of the molecule is CN1C[C@@H]2C[C@H]1CN2C(=O)c1n[nH]c2ccc(N)cc12. The zero-order chi connectivity index (χ0) is 13.9. The third-order valence-corrected chi connectivity index (χ3v) is 4.56. The van der Waals surface area contributed by atoms with Gasteiger partial charge < -0.3 is 10.6 Å². The van der Waals surface area contributed by atoms with Crippen LogP contribution in [0, 0.1) is 0 Å². The number of aromatic nitrogens is 2. The molecule has 6 nitrogen and oxygen atoms in total. The summed E-state index contributed by atoms with van der Waals surface area (Å²) in [4.78, 5) is 17.0. The number of fused-ring (bicyclic) bond motifs is 3. The molecule has 0 spiro atoms. The summed E-state index contributed by atoms with van der Waals surface area (Å²) in [5, 5.41) is 7.92. The molecule has 1 aromatic carbocycles. The molecule has 2 saturated heterocycles. The van der Waals surface area contributed by atoms with Gasteiger partial charge in [0.15, 0.2) is 5.69 Å². The van der Waals surface area contributed by atoms with Gasteiger partial charge in [-0.25, -0.2) is 0 Å². The van der Waals surface area contributed by atoms with Crippen molar-refractivity contribution in [2.24, 2.45) is 0 Å². The second-order valence-corrected chi connectivity index (χ2v) is 5.82. The number of benzene rings is 1. The molecular formula is C14H17N5O. The van der Waals surface area contributed by atoms with E-state index in [4.69, 9.17) is 5.73 Å². The average Bonchev–Trinajstić information content (AvgIpc) is 3.09. The molecule has 104 valence electrons. The summed E-state index contributed by atoms with van der Waals surface area (Å²) in [6, 6.07) is 6.30. The van der Waals surface area contributed by atoms with Crippen molar-refractivity contribution in [1.29, 1.82) is 0 Å². The number of piperazine rings is 1. The van der Waals surface area contributed by atoms with Crippen molar-refractivity contribution >= 4 is 22.5 Å². The number of likely N-dealkylation sites (tertiary alicyclic amines) is 2. The quantitative estimate of drug-likeness (QED) is 0.747. The number of anilines is 1. The molecule has 1 aromatic heterocycles. The van der Waals surface area contributed by atoms with Gasteiger partial charge >= 0.3 is 0 Å². The van der Waals surface area contributed by atoms with E-state index in [-0.39, 0.29) is 5.91 Å². The Morgan fingerprint density at radius 2 is 2.25 bits per heavy atom. The molecule has 1 amide bonds. The lowest BCUT2D eigenvalue weighted by Crippen LogP contribution is -2.47. The summed E-state index contributed by atoms with van der Waals surface area (Å²) in [6.07, 6.45) is 1.08. The lowest BCUT2D eigenvalue weighted by molar-refractivity contribution is 0.0646. The number of amides is 1. The Hall–Kier alpha value is -2.08. The van der Waals surface area contributed by atoms with Crippen molar-refractivity contribution in [3.05, 3.63) is 23.9 Å². The number of H-pyrrole nitrogens is 1. The van der Waals surface area contributed by atoms with Gasteiger partial charge in [0.25, 0.3) is 5.91 Å². The summed E-state index contributed by atoms with van der Waals surface area (Å²) >= 11 is 0. The van der Waals surface area contributed by atoms with Gasteiger partial charge in [0.05, 0.1) is 5.52 Å². The third kappa shape index (κ3) is 1.54. The van der Waals surface area contributed by atoms with Crippen LogP contribution in [0.5, 0.6) is 0 Å². The molecule has 3 N–H and O–H groups in total. The van der Waals surface area contributed by atoms with Crippen LogP contribution in [0.2, 0.25) is 0 Å². The molecule has 0 unspecified atom stereocenters. The van der Waals surface area contributed by atoms with Crippen molar-refractivity contribution in [3.8, 4) is 0 Å². The minimum Gasteiger partial charge on any atom is -0.399 e. The van der Waals surface area contributed by atoms with E-state index in [0.29, 0.717) is 23.5 Å². The molecule has 0 radical (unpaired) electrons. The van der Waals surface area contributed by atoms with Crippen LogP contribution in [-0.4, -0.2) is 58.1 Å². The number of hydrogen-bond acceptors (Lipinski definition) is 4. The van der Waals surface area contributed by atoms with Gasteiger partial charge in [0.1, 0.15) is 0 Å². The molecule has 4 rings (SSSR count). The van der Waals surface area contributed by atoms with Crippen LogP contribution < -0.4 is 5.73 Å². The predicted molar refractivity (Wildman–Crippen MR) is 76.4 cm³/mol. The molecule has 2 aromatic rings. The number of likely N-dealkylation sites (N-methyl/N-ethyl adjacent to an activating group) is 1. The highest BCUT2D eigenvalue weighted by atomic mass is 16.2. The lowest BCUT2D eigenvalue weighted by atomic mass is 10.1. The molecule has 2 bridgehead atoms. The summed E-state index contributed by atoms with van der Waals surface area (Å²) in [7, 11) is 2.12. The number of nitrogen functional groups attached to an aromatic ring is 1. The standard InChI is InChI=1S/C14H17N5O/c1-18-6-10-5-9(18)7-19(10)14(20)13-11-4-8(15)2-3-12(11)16-17-13/h2-4,9-10H,5-7,15H2,1H3,(H,16,17)/t9-,10-/m0/s1. The smallest absolute Gasteiger partial charge is 0.275 e. The highest BCUT2D eigenvalue weighted by Crippen LogP contribution is 2.31. The topological polar surface area (TPSA) is 78.2 Å². The molecular weight excluding hydrogens is 254 g/mol. The van der Waals surface area contributed by atoms with Gasteiger partial charge in [-0.2, -0.15) is 5.10 Å². The van der Waals surface area contributed by atoms with E-state index < -0.39 is 0 Å². The van der Waals surface area contributed by atoms with Gasteiger partial charge in [0, 0.05) is 36.2 Å². The number of hydrogen-bond donors (Lipinski definition) is 2. The second-order valence-electron chi connectivity index (χ2n) is 5.82. The molecule has 6 heteroatoms. The average molecular weight is 271 g/mol. The van der Waals surface area contributed by atoms with E-state index >= 15 is 0 Å². The molecule has 2 aliphatic rings. The molecule has 0 aliphatic carbocycles.